The Morgan fingerprint density at radius 3 is 2.92 bits per heavy atom. The molecule has 1 amide bonds. The molecule has 1 fully saturated rings. The van der Waals surface area contributed by atoms with Crippen molar-refractivity contribution in [1.82, 2.24) is 14.9 Å². The lowest BCUT2D eigenvalue weighted by atomic mass is 9.95. The third-order valence-electron chi connectivity index (χ3n) is 4.23. The summed E-state index contributed by atoms with van der Waals surface area (Å²) in [5.41, 5.74) is 6.46. The number of nitrogens with zero attached hydrogens (tertiary/aromatic N) is 2. The van der Waals surface area contributed by atoms with Crippen molar-refractivity contribution < 1.29 is 14.3 Å². The third-order valence-corrected chi connectivity index (χ3v) is 5.93. The Balaban J connectivity index is 1.88. The van der Waals surface area contributed by atoms with E-state index in [0.29, 0.717) is 32.0 Å². The zero-order valence-electron chi connectivity index (χ0n) is 14.7. The highest BCUT2D eigenvalue weighted by molar-refractivity contribution is 6.76. The van der Waals surface area contributed by atoms with Crippen LogP contribution in [0.5, 0.6) is 0 Å². The normalized spacial score (nSPS) is 19.3. The first kappa shape index (κ1) is 18.8. The fourth-order valence-corrected chi connectivity index (χ4v) is 3.40. The summed E-state index contributed by atoms with van der Waals surface area (Å²) < 4.78 is 7.36. The molecule has 1 aliphatic rings. The van der Waals surface area contributed by atoms with Gasteiger partial charge in [0.15, 0.2) is 5.78 Å². The van der Waals surface area contributed by atoms with Gasteiger partial charge in [-0.05, 0) is 18.9 Å². The smallest absolute Gasteiger partial charge is 0.223 e. The average molecular weight is 353 g/mol. The highest BCUT2D eigenvalue weighted by Crippen LogP contribution is 2.17. The Kier molecular flexibility index (Phi) is 6.31. The number of amides is 1. The van der Waals surface area contributed by atoms with Crippen molar-refractivity contribution in [1.29, 1.82) is 0 Å². The second-order valence-corrected chi connectivity index (χ2v) is 13.2. The fourth-order valence-electron chi connectivity index (χ4n) is 2.64. The van der Waals surface area contributed by atoms with E-state index in [1.54, 1.807) is 10.9 Å². The minimum atomic E-state index is -1.13. The van der Waals surface area contributed by atoms with Crippen LogP contribution in [0.3, 0.4) is 0 Å². The van der Waals surface area contributed by atoms with Gasteiger partial charge >= 0.3 is 0 Å². The van der Waals surface area contributed by atoms with E-state index >= 15 is 0 Å². The van der Waals surface area contributed by atoms with Crippen molar-refractivity contribution in [2.24, 2.45) is 11.7 Å². The molecule has 0 bridgehead atoms. The van der Waals surface area contributed by atoms with Crippen LogP contribution in [0.1, 0.15) is 23.3 Å². The van der Waals surface area contributed by atoms with Crippen molar-refractivity contribution in [3.63, 3.8) is 0 Å². The van der Waals surface area contributed by atoms with Crippen LogP contribution < -0.4 is 11.1 Å². The fraction of sp³-hybridized carbons (Fsp3) is 0.688. The number of nitrogens with two attached hydrogens (primary N) is 1. The van der Waals surface area contributed by atoms with E-state index in [9.17, 15) is 9.59 Å². The number of hydrogen-bond acceptors (Lipinski definition) is 5. The number of imidazole rings is 1. The molecule has 0 aromatic carbocycles. The molecule has 8 heteroatoms. The van der Waals surface area contributed by atoms with Gasteiger partial charge in [-0.1, -0.05) is 19.6 Å². The summed E-state index contributed by atoms with van der Waals surface area (Å²) in [5.74, 6) is -0.379. The molecule has 0 radical (unpaired) electrons. The molecule has 2 rings (SSSR count). The highest BCUT2D eigenvalue weighted by Gasteiger charge is 2.29. The number of ketones is 1. The molecule has 2 atom stereocenters. The summed E-state index contributed by atoms with van der Waals surface area (Å²) in [4.78, 5) is 28.2. The van der Waals surface area contributed by atoms with Crippen LogP contribution >= 0.6 is 0 Å². The number of Topliss-reactive ketones (excluding diaryl/α,β-unsaturated/α-hetero) is 1. The summed E-state index contributed by atoms with van der Waals surface area (Å²) in [5, 5.41) is 2.77. The molecule has 0 aliphatic carbocycles. The van der Waals surface area contributed by atoms with Gasteiger partial charge in [0, 0.05) is 27.1 Å². The van der Waals surface area contributed by atoms with Crippen molar-refractivity contribution >= 4 is 19.8 Å². The first-order valence-corrected chi connectivity index (χ1v) is 12.1. The van der Waals surface area contributed by atoms with Crippen LogP contribution in [0.15, 0.2) is 12.5 Å². The lowest BCUT2D eigenvalue weighted by Crippen LogP contribution is -2.35. The molecule has 2 heterocycles. The Labute approximate surface area is 144 Å². The van der Waals surface area contributed by atoms with Gasteiger partial charge in [0.1, 0.15) is 12.4 Å². The van der Waals surface area contributed by atoms with E-state index in [1.165, 1.54) is 6.20 Å². The van der Waals surface area contributed by atoms with Crippen molar-refractivity contribution in [3.05, 3.63) is 18.2 Å². The largest absolute Gasteiger partial charge is 0.361 e. The second kappa shape index (κ2) is 8.04. The number of hydrogen-bond donors (Lipinski definition) is 2. The van der Waals surface area contributed by atoms with Gasteiger partial charge in [-0.25, -0.2) is 4.98 Å². The number of carbonyl (C=O) groups is 2. The summed E-state index contributed by atoms with van der Waals surface area (Å²) >= 11 is 0. The molecule has 0 saturated carbocycles. The van der Waals surface area contributed by atoms with Gasteiger partial charge in [0.05, 0.1) is 18.6 Å². The van der Waals surface area contributed by atoms with Crippen molar-refractivity contribution in [2.75, 3.05) is 13.2 Å². The molecular formula is C16H28N4O3Si. The Morgan fingerprint density at radius 2 is 2.29 bits per heavy atom. The molecule has 3 N–H and O–H groups in total. The summed E-state index contributed by atoms with van der Waals surface area (Å²) in [6, 6.07) is 0.373. The number of ether oxygens (including phenoxy) is 1. The maximum absolute atomic E-state index is 12.5. The van der Waals surface area contributed by atoms with Gasteiger partial charge in [-0.3, -0.25) is 9.59 Å². The van der Waals surface area contributed by atoms with E-state index in [4.69, 9.17) is 10.5 Å². The summed E-state index contributed by atoms with van der Waals surface area (Å²) in [6.45, 7) is 8.51. The Hall–Kier alpha value is -1.51. The van der Waals surface area contributed by atoms with Crippen LogP contribution in [0.4, 0.5) is 0 Å². The molecule has 134 valence electrons. The third kappa shape index (κ3) is 5.25. The van der Waals surface area contributed by atoms with Crippen LogP contribution in [0, 0.1) is 5.92 Å². The van der Waals surface area contributed by atoms with Gasteiger partial charge in [0.25, 0.3) is 0 Å². The Bertz CT molecular complexity index is 582. The predicted octanol–water partition coefficient (Wildman–Crippen LogP) is 1.23. The molecule has 1 aliphatic heterocycles. The van der Waals surface area contributed by atoms with Crippen LogP contribution in [-0.2, 0) is 16.3 Å². The van der Waals surface area contributed by atoms with E-state index in [-0.39, 0.29) is 17.6 Å². The minimum Gasteiger partial charge on any atom is -0.361 e. The average Bonchev–Trinajstić information content (AvgIpc) is 3.11. The lowest BCUT2D eigenvalue weighted by Gasteiger charge is -2.17. The van der Waals surface area contributed by atoms with Gasteiger partial charge < -0.3 is 20.4 Å². The van der Waals surface area contributed by atoms with Gasteiger partial charge in [-0.2, -0.15) is 0 Å². The predicted molar refractivity (Wildman–Crippen MR) is 94.4 cm³/mol. The Morgan fingerprint density at radius 1 is 1.54 bits per heavy atom. The zero-order chi connectivity index (χ0) is 17.7. The molecule has 0 spiro atoms. The zero-order valence-corrected chi connectivity index (χ0v) is 15.7. The van der Waals surface area contributed by atoms with Crippen molar-refractivity contribution in [2.45, 2.75) is 51.3 Å². The molecule has 24 heavy (non-hydrogen) atoms. The summed E-state index contributed by atoms with van der Waals surface area (Å²) in [6.07, 6.45) is 4.20. The first-order valence-electron chi connectivity index (χ1n) is 8.43. The second-order valence-electron chi connectivity index (χ2n) is 7.58. The summed E-state index contributed by atoms with van der Waals surface area (Å²) in [7, 11) is -1.13. The molecule has 1 saturated heterocycles. The number of rotatable bonds is 9. The number of carbonyl (C=O) groups excluding carboxylic acids is 2. The van der Waals surface area contributed by atoms with E-state index < -0.39 is 14.1 Å². The number of aromatic nitrogens is 2. The van der Waals surface area contributed by atoms with E-state index in [0.717, 1.165) is 12.5 Å². The van der Waals surface area contributed by atoms with E-state index in [2.05, 4.69) is 29.9 Å². The first-order chi connectivity index (χ1) is 11.3. The number of nitrogens with one attached hydrogen (secondary N) is 1. The lowest BCUT2D eigenvalue weighted by molar-refractivity contribution is -0.122. The molecule has 0 unspecified atom stereocenters. The topological polar surface area (TPSA) is 99.2 Å². The van der Waals surface area contributed by atoms with Crippen LogP contribution in [-0.4, -0.2) is 48.5 Å². The minimum absolute atomic E-state index is 0.0126. The van der Waals surface area contributed by atoms with Crippen LogP contribution in [0.2, 0.25) is 25.7 Å². The molecule has 1 aromatic heterocycles. The quantitative estimate of drug-likeness (QED) is 0.396. The van der Waals surface area contributed by atoms with Gasteiger partial charge in [-0.15, -0.1) is 0 Å². The maximum Gasteiger partial charge on any atom is 0.223 e. The monoisotopic (exact) mass is 352 g/mol. The van der Waals surface area contributed by atoms with Crippen molar-refractivity contribution in [3.8, 4) is 0 Å². The standard InChI is InChI=1S/C16H28N4O3Si/c1-24(2,3)7-6-23-11-20-10-18-9-14(20)15(21)13(17)8-12-4-5-19-16(12)22/h9-10,12-13H,4-8,11,17H2,1-3H3,(H,19,22)/t12-,13-/m0/s1. The van der Waals surface area contributed by atoms with Crippen LogP contribution in [0.25, 0.3) is 0 Å². The molecule has 7 nitrogen and oxygen atoms in total. The van der Waals surface area contributed by atoms with Gasteiger partial charge in [0.2, 0.25) is 5.91 Å². The SMILES string of the molecule is C[Si](C)(C)CCOCn1cncc1C(=O)[C@@H](N)C[C@@H]1CCNC1=O. The maximum atomic E-state index is 12.5. The molecule has 1 aromatic rings. The highest BCUT2D eigenvalue weighted by atomic mass is 28.3. The molecular weight excluding hydrogens is 324 g/mol. The van der Waals surface area contributed by atoms with E-state index in [1.807, 2.05) is 0 Å².